The molecule has 0 spiro atoms. The normalized spacial score (nSPS) is 17.6. The molecule has 0 bridgehead atoms. The van der Waals surface area contributed by atoms with Crippen LogP contribution in [0.5, 0.6) is 0 Å². The Kier molecular flexibility index (Phi) is 10.8. The van der Waals surface area contributed by atoms with E-state index in [0.717, 1.165) is 6.42 Å². The van der Waals surface area contributed by atoms with E-state index in [1.165, 1.54) is 70.6 Å². The molecule has 20 heavy (non-hydrogen) atoms. The van der Waals surface area contributed by atoms with Crippen molar-refractivity contribution in [3.63, 3.8) is 0 Å². The lowest BCUT2D eigenvalue weighted by atomic mass is 9.50. The van der Waals surface area contributed by atoms with Crippen molar-refractivity contribution in [2.75, 3.05) is 0 Å². The van der Waals surface area contributed by atoms with Gasteiger partial charge in [-0.25, -0.2) is 0 Å². The highest BCUT2D eigenvalue weighted by Crippen LogP contribution is 2.52. The predicted octanol–water partition coefficient (Wildman–Crippen LogP) is 7.08. The molecule has 0 aromatic rings. The Morgan fingerprint density at radius 1 is 0.650 bits per heavy atom. The van der Waals surface area contributed by atoms with Crippen molar-refractivity contribution in [2.45, 2.75) is 117 Å². The minimum Gasteiger partial charge on any atom is -0.0671 e. The van der Waals surface area contributed by atoms with E-state index in [4.69, 9.17) is 7.85 Å². The van der Waals surface area contributed by atoms with Gasteiger partial charge >= 0.3 is 0 Å². The summed E-state index contributed by atoms with van der Waals surface area (Å²) in [4.78, 5) is 0. The summed E-state index contributed by atoms with van der Waals surface area (Å²) in [5.41, 5.74) is 0.321. The van der Waals surface area contributed by atoms with Crippen molar-refractivity contribution >= 4 is 7.85 Å². The molecule has 0 amide bonds. The van der Waals surface area contributed by atoms with Gasteiger partial charge in [-0.05, 0) is 18.3 Å². The molecule has 0 aromatic heterocycles. The van der Waals surface area contributed by atoms with Crippen LogP contribution in [-0.4, -0.2) is 7.85 Å². The highest BCUT2D eigenvalue weighted by atomic mass is 14.4. The Bertz CT molecular complexity index is 222. The fourth-order valence-corrected chi connectivity index (χ4v) is 3.18. The van der Waals surface area contributed by atoms with Gasteiger partial charge in [0.15, 0.2) is 0 Å². The summed E-state index contributed by atoms with van der Waals surface area (Å²) in [7, 11) is 6.65. The molecule has 1 heteroatoms. The third-order valence-corrected chi connectivity index (χ3v) is 5.53. The molecule has 0 aliphatic heterocycles. The van der Waals surface area contributed by atoms with Crippen molar-refractivity contribution in [1.29, 1.82) is 0 Å². The van der Waals surface area contributed by atoms with Crippen LogP contribution in [0.15, 0.2) is 0 Å². The first-order valence-electron chi connectivity index (χ1n) is 9.22. The molecule has 0 heterocycles. The van der Waals surface area contributed by atoms with Gasteiger partial charge in [0.1, 0.15) is 0 Å². The van der Waals surface area contributed by atoms with Crippen LogP contribution in [0.25, 0.3) is 0 Å². The van der Waals surface area contributed by atoms with E-state index in [9.17, 15) is 0 Å². The molecular formula is C19H39B. The lowest BCUT2D eigenvalue weighted by molar-refractivity contribution is 0.166. The zero-order valence-corrected chi connectivity index (χ0v) is 15.1. The predicted molar refractivity (Wildman–Crippen MR) is 94.7 cm³/mol. The number of hydrogen-bond donors (Lipinski definition) is 0. The highest BCUT2D eigenvalue weighted by molar-refractivity contribution is 6.15. The molecule has 0 aliphatic carbocycles. The second-order valence-electron chi connectivity index (χ2n) is 7.31. The lowest BCUT2D eigenvalue weighted by Gasteiger charge is -2.45. The molecule has 118 valence electrons. The smallest absolute Gasteiger partial charge is 0.0671 e. The molecule has 0 aliphatic rings. The summed E-state index contributed by atoms with van der Waals surface area (Å²) in [6.07, 6.45) is 16.0. The molecule has 2 radical (unpaired) electrons. The summed E-state index contributed by atoms with van der Waals surface area (Å²) in [5.74, 6) is 0. The molecule has 0 saturated carbocycles. The van der Waals surface area contributed by atoms with Crippen molar-refractivity contribution in [1.82, 2.24) is 0 Å². The van der Waals surface area contributed by atoms with Gasteiger partial charge in [-0.2, -0.15) is 0 Å². The third kappa shape index (κ3) is 7.18. The summed E-state index contributed by atoms with van der Waals surface area (Å²) >= 11 is 0. The fraction of sp³-hybridized carbons (Fsp3) is 1.00. The van der Waals surface area contributed by atoms with Crippen molar-refractivity contribution < 1.29 is 0 Å². The molecule has 0 N–H and O–H groups in total. The van der Waals surface area contributed by atoms with Crippen LogP contribution in [0.2, 0.25) is 5.31 Å². The first-order chi connectivity index (χ1) is 9.43. The average molecular weight is 278 g/mol. The Balaban J connectivity index is 4.31. The maximum Gasteiger partial charge on any atom is 0.0749 e. The fourth-order valence-electron chi connectivity index (χ4n) is 3.18. The van der Waals surface area contributed by atoms with E-state index in [1.807, 2.05) is 0 Å². The molecule has 0 fully saturated rings. The van der Waals surface area contributed by atoms with Gasteiger partial charge in [0.25, 0.3) is 0 Å². The topological polar surface area (TPSA) is 0 Å². The van der Waals surface area contributed by atoms with Gasteiger partial charge in [0.05, 0.1) is 7.85 Å². The third-order valence-electron chi connectivity index (χ3n) is 5.53. The van der Waals surface area contributed by atoms with Gasteiger partial charge in [-0.3, -0.25) is 0 Å². The number of hydrogen-bond acceptors (Lipinski definition) is 0. The second-order valence-corrected chi connectivity index (χ2v) is 7.31. The van der Waals surface area contributed by atoms with E-state index in [-0.39, 0.29) is 5.31 Å². The Morgan fingerprint density at radius 2 is 1.05 bits per heavy atom. The summed E-state index contributed by atoms with van der Waals surface area (Å²) in [5, 5.41) is -0.00995. The zero-order valence-electron chi connectivity index (χ0n) is 15.1. The molecule has 0 aromatic carbocycles. The van der Waals surface area contributed by atoms with Crippen LogP contribution in [0.1, 0.15) is 112 Å². The van der Waals surface area contributed by atoms with Gasteiger partial charge in [-0.1, -0.05) is 104 Å². The quantitative estimate of drug-likeness (QED) is 0.249. The molecule has 0 saturated heterocycles. The van der Waals surface area contributed by atoms with Crippen molar-refractivity contribution in [3.05, 3.63) is 0 Å². The van der Waals surface area contributed by atoms with Crippen molar-refractivity contribution in [3.8, 4) is 0 Å². The largest absolute Gasteiger partial charge is 0.0749 e. The van der Waals surface area contributed by atoms with Gasteiger partial charge in [0, 0.05) is 0 Å². The molecule has 2 unspecified atom stereocenters. The minimum absolute atomic E-state index is 0.00995. The molecular weight excluding hydrogens is 239 g/mol. The Morgan fingerprint density at radius 3 is 1.45 bits per heavy atom. The molecule has 0 nitrogen and oxygen atoms in total. The van der Waals surface area contributed by atoms with E-state index in [0.29, 0.717) is 5.41 Å². The highest BCUT2D eigenvalue weighted by Gasteiger charge is 2.37. The molecule has 0 rings (SSSR count). The van der Waals surface area contributed by atoms with E-state index in [1.54, 1.807) is 0 Å². The maximum absolute atomic E-state index is 6.65. The number of rotatable bonds is 13. The second kappa shape index (κ2) is 10.7. The first kappa shape index (κ1) is 20.1. The van der Waals surface area contributed by atoms with Crippen LogP contribution in [0.4, 0.5) is 0 Å². The van der Waals surface area contributed by atoms with Crippen LogP contribution in [-0.2, 0) is 0 Å². The molecule has 2 atom stereocenters. The van der Waals surface area contributed by atoms with E-state index >= 15 is 0 Å². The lowest BCUT2D eigenvalue weighted by Crippen LogP contribution is -2.32. The van der Waals surface area contributed by atoms with Gasteiger partial charge in [0.2, 0.25) is 0 Å². The van der Waals surface area contributed by atoms with E-state index < -0.39 is 0 Å². The van der Waals surface area contributed by atoms with Crippen LogP contribution in [0, 0.1) is 5.41 Å². The zero-order chi connectivity index (χ0) is 15.5. The maximum atomic E-state index is 6.65. The summed E-state index contributed by atoms with van der Waals surface area (Å²) in [6, 6.07) is 0. The standard InChI is InChI=1S/C19H39B/c1-6-9-11-13-15-17-18(4,19(5,20)8-3)16-14-12-10-7-2/h6-17H2,1-5H3. The van der Waals surface area contributed by atoms with Gasteiger partial charge in [-0.15, -0.1) is 0 Å². The van der Waals surface area contributed by atoms with Crippen LogP contribution < -0.4 is 0 Å². The SMILES string of the molecule is [B]C(C)(CC)C(C)(CCCCCC)CCCCCCC. The van der Waals surface area contributed by atoms with Crippen LogP contribution >= 0.6 is 0 Å². The number of unbranched alkanes of at least 4 members (excludes halogenated alkanes) is 7. The van der Waals surface area contributed by atoms with E-state index in [2.05, 4.69) is 34.6 Å². The Hall–Kier alpha value is 0.0649. The first-order valence-corrected chi connectivity index (χ1v) is 9.22. The minimum atomic E-state index is -0.00995. The summed E-state index contributed by atoms with van der Waals surface area (Å²) < 4.78 is 0. The monoisotopic (exact) mass is 278 g/mol. The summed E-state index contributed by atoms with van der Waals surface area (Å²) in [6.45, 7) is 11.5. The van der Waals surface area contributed by atoms with Crippen LogP contribution in [0.3, 0.4) is 0 Å². The van der Waals surface area contributed by atoms with Gasteiger partial charge < -0.3 is 0 Å². The average Bonchev–Trinajstić information content (AvgIpc) is 2.43. The van der Waals surface area contributed by atoms with Crippen molar-refractivity contribution in [2.24, 2.45) is 5.41 Å². The Labute approximate surface area is 130 Å².